The van der Waals surface area contributed by atoms with Gasteiger partial charge in [-0.1, -0.05) is 20.8 Å². The SMILES string of the molecule is CC1=CC(=O)C(CCC(=O)O)(C(C)(C)CC(=O)OC(C)(C)C)C(C)C1=O. The van der Waals surface area contributed by atoms with Gasteiger partial charge in [0.25, 0.3) is 0 Å². The molecule has 0 fully saturated rings. The lowest BCUT2D eigenvalue weighted by Crippen LogP contribution is -2.54. The minimum absolute atomic E-state index is 0.00630. The first-order chi connectivity index (χ1) is 11.6. The monoisotopic (exact) mass is 366 g/mol. The fourth-order valence-corrected chi connectivity index (χ4v) is 3.97. The molecule has 0 amide bonds. The van der Waals surface area contributed by atoms with E-state index in [1.54, 1.807) is 48.5 Å². The normalized spacial score (nSPS) is 24.3. The Labute approximate surface area is 155 Å². The second-order valence-corrected chi connectivity index (χ2v) is 8.79. The van der Waals surface area contributed by atoms with E-state index in [-0.39, 0.29) is 30.8 Å². The summed E-state index contributed by atoms with van der Waals surface area (Å²) in [5, 5.41) is 9.15. The third-order valence-corrected chi connectivity index (χ3v) is 5.26. The van der Waals surface area contributed by atoms with E-state index in [1.807, 2.05) is 0 Å². The van der Waals surface area contributed by atoms with Crippen molar-refractivity contribution in [3.8, 4) is 0 Å². The number of aliphatic carboxylic acids is 1. The molecule has 0 aromatic heterocycles. The Bertz CT molecular complexity index is 650. The molecule has 146 valence electrons. The molecule has 0 bridgehead atoms. The molecule has 1 rings (SSSR count). The molecular formula is C20H30O6. The number of carbonyl (C=O) groups is 4. The van der Waals surface area contributed by atoms with Gasteiger partial charge in [0, 0.05) is 17.8 Å². The summed E-state index contributed by atoms with van der Waals surface area (Å²) in [6, 6.07) is 0. The molecule has 6 nitrogen and oxygen atoms in total. The predicted molar refractivity (Wildman–Crippen MR) is 96.5 cm³/mol. The number of hydrogen-bond donors (Lipinski definition) is 1. The van der Waals surface area contributed by atoms with Crippen molar-refractivity contribution in [1.29, 1.82) is 0 Å². The summed E-state index contributed by atoms with van der Waals surface area (Å²) in [6.45, 7) is 11.9. The third kappa shape index (κ3) is 4.40. The summed E-state index contributed by atoms with van der Waals surface area (Å²) in [5.41, 5.74) is -2.52. The van der Waals surface area contributed by atoms with E-state index in [9.17, 15) is 19.2 Å². The van der Waals surface area contributed by atoms with E-state index in [4.69, 9.17) is 9.84 Å². The van der Waals surface area contributed by atoms with Gasteiger partial charge in [0.1, 0.15) is 5.60 Å². The zero-order valence-corrected chi connectivity index (χ0v) is 16.8. The largest absolute Gasteiger partial charge is 0.481 e. The highest BCUT2D eigenvalue weighted by atomic mass is 16.6. The second-order valence-electron chi connectivity index (χ2n) is 8.79. The van der Waals surface area contributed by atoms with Gasteiger partial charge in [0.2, 0.25) is 0 Å². The lowest BCUT2D eigenvalue weighted by molar-refractivity contribution is -0.164. The maximum absolute atomic E-state index is 13.0. The van der Waals surface area contributed by atoms with Gasteiger partial charge in [0.05, 0.1) is 6.42 Å². The van der Waals surface area contributed by atoms with E-state index < -0.39 is 34.3 Å². The summed E-state index contributed by atoms with van der Waals surface area (Å²) >= 11 is 0. The molecule has 0 aromatic carbocycles. The number of esters is 1. The average Bonchev–Trinajstić information content (AvgIpc) is 2.41. The molecule has 6 heteroatoms. The van der Waals surface area contributed by atoms with Gasteiger partial charge >= 0.3 is 11.9 Å². The third-order valence-electron chi connectivity index (χ3n) is 5.26. The Morgan fingerprint density at radius 2 is 1.73 bits per heavy atom. The number of ether oxygens (including phenoxy) is 1. The Kier molecular flexibility index (Phi) is 6.22. The summed E-state index contributed by atoms with van der Waals surface area (Å²) in [7, 11) is 0. The highest BCUT2D eigenvalue weighted by Gasteiger charge is 2.57. The second kappa shape index (κ2) is 7.33. The first-order valence-electron chi connectivity index (χ1n) is 8.84. The smallest absolute Gasteiger partial charge is 0.306 e. The summed E-state index contributed by atoms with van der Waals surface area (Å²) in [4.78, 5) is 49.2. The van der Waals surface area contributed by atoms with Gasteiger partial charge in [-0.3, -0.25) is 19.2 Å². The highest BCUT2D eigenvalue weighted by molar-refractivity contribution is 6.12. The maximum atomic E-state index is 13.0. The molecule has 0 radical (unpaired) electrons. The lowest BCUT2D eigenvalue weighted by Gasteiger charge is -2.50. The van der Waals surface area contributed by atoms with Crippen LogP contribution < -0.4 is 0 Å². The zero-order valence-electron chi connectivity index (χ0n) is 16.8. The van der Waals surface area contributed by atoms with Crippen molar-refractivity contribution >= 4 is 23.5 Å². The minimum atomic E-state index is -1.26. The van der Waals surface area contributed by atoms with Gasteiger partial charge in [-0.05, 0) is 51.2 Å². The van der Waals surface area contributed by atoms with Crippen molar-refractivity contribution in [1.82, 2.24) is 0 Å². The van der Waals surface area contributed by atoms with Crippen molar-refractivity contribution in [2.24, 2.45) is 16.7 Å². The van der Waals surface area contributed by atoms with Gasteiger partial charge in [-0.15, -0.1) is 0 Å². The maximum Gasteiger partial charge on any atom is 0.306 e. The Morgan fingerprint density at radius 1 is 1.19 bits per heavy atom. The van der Waals surface area contributed by atoms with Crippen molar-refractivity contribution in [2.45, 2.75) is 73.3 Å². The Balaban J connectivity index is 3.36. The molecule has 2 atom stereocenters. The van der Waals surface area contributed by atoms with Crippen LogP contribution in [0.3, 0.4) is 0 Å². The number of rotatable bonds is 6. The number of Topliss-reactive ketones (excluding diaryl/α,β-unsaturated/α-hetero) is 1. The first-order valence-corrected chi connectivity index (χ1v) is 8.84. The number of hydrogen-bond acceptors (Lipinski definition) is 5. The predicted octanol–water partition coefficient (Wildman–Crippen LogP) is 3.33. The standard InChI is InChI=1S/C20H30O6/c1-12-10-14(21)20(9-8-15(22)23,13(2)17(12)25)19(6,7)11-16(24)26-18(3,4)5/h10,13H,8-9,11H2,1-7H3,(H,22,23). The van der Waals surface area contributed by atoms with Crippen LogP contribution in [0.15, 0.2) is 11.6 Å². The molecule has 0 heterocycles. The molecule has 0 saturated carbocycles. The van der Waals surface area contributed by atoms with Gasteiger partial charge in [-0.25, -0.2) is 0 Å². The number of ketones is 2. The minimum Gasteiger partial charge on any atom is -0.481 e. The fraction of sp³-hybridized carbons (Fsp3) is 0.700. The fourth-order valence-electron chi connectivity index (χ4n) is 3.97. The van der Waals surface area contributed by atoms with Crippen LogP contribution in [0, 0.1) is 16.7 Å². The molecule has 0 saturated heterocycles. The summed E-state index contributed by atoms with van der Waals surface area (Å²) in [5.74, 6) is -2.71. The summed E-state index contributed by atoms with van der Waals surface area (Å²) in [6.07, 6.45) is 0.947. The van der Waals surface area contributed by atoms with Crippen LogP contribution in [0.4, 0.5) is 0 Å². The molecule has 1 aliphatic rings. The molecule has 0 aliphatic heterocycles. The van der Waals surface area contributed by atoms with Crippen LogP contribution in [0.2, 0.25) is 0 Å². The van der Waals surface area contributed by atoms with E-state index >= 15 is 0 Å². The number of carboxylic acid groups (broad SMARTS) is 1. The van der Waals surface area contributed by atoms with E-state index in [1.165, 1.54) is 6.08 Å². The topological polar surface area (TPSA) is 97.7 Å². The van der Waals surface area contributed by atoms with Crippen LogP contribution in [-0.2, 0) is 23.9 Å². The molecule has 1 N–H and O–H groups in total. The number of carbonyl (C=O) groups excluding carboxylic acids is 3. The molecule has 0 spiro atoms. The van der Waals surface area contributed by atoms with Crippen molar-refractivity contribution in [3.05, 3.63) is 11.6 Å². The van der Waals surface area contributed by atoms with Gasteiger partial charge in [0.15, 0.2) is 11.6 Å². The average molecular weight is 366 g/mol. The van der Waals surface area contributed by atoms with Crippen molar-refractivity contribution < 1.29 is 29.0 Å². The number of allylic oxidation sites excluding steroid dienone is 2. The lowest BCUT2D eigenvalue weighted by atomic mass is 9.51. The van der Waals surface area contributed by atoms with Crippen LogP contribution >= 0.6 is 0 Å². The van der Waals surface area contributed by atoms with E-state index in [0.29, 0.717) is 5.57 Å². The molecule has 2 unspecified atom stereocenters. The van der Waals surface area contributed by atoms with Crippen LogP contribution in [0.25, 0.3) is 0 Å². The van der Waals surface area contributed by atoms with E-state index in [0.717, 1.165) is 0 Å². The van der Waals surface area contributed by atoms with E-state index in [2.05, 4.69) is 0 Å². The quantitative estimate of drug-likeness (QED) is 0.724. The summed E-state index contributed by atoms with van der Waals surface area (Å²) < 4.78 is 5.39. The Morgan fingerprint density at radius 3 is 2.19 bits per heavy atom. The highest BCUT2D eigenvalue weighted by Crippen LogP contribution is 2.54. The number of carboxylic acids is 1. The zero-order chi connectivity index (χ0) is 20.5. The van der Waals surface area contributed by atoms with Crippen molar-refractivity contribution in [3.63, 3.8) is 0 Å². The van der Waals surface area contributed by atoms with Crippen LogP contribution in [-0.4, -0.2) is 34.2 Å². The van der Waals surface area contributed by atoms with Gasteiger partial charge in [-0.2, -0.15) is 0 Å². The molecule has 26 heavy (non-hydrogen) atoms. The molecule has 1 aliphatic carbocycles. The van der Waals surface area contributed by atoms with Crippen LogP contribution in [0.1, 0.15) is 67.7 Å². The van der Waals surface area contributed by atoms with Crippen LogP contribution in [0.5, 0.6) is 0 Å². The molecular weight excluding hydrogens is 336 g/mol. The Hall–Kier alpha value is -1.98. The van der Waals surface area contributed by atoms with Crippen molar-refractivity contribution in [2.75, 3.05) is 0 Å². The first kappa shape index (κ1) is 22.1. The van der Waals surface area contributed by atoms with Gasteiger partial charge < -0.3 is 9.84 Å². The molecule has 0 aromatic rings.